The third-order valence-electron chi connectivity index (χ3n) is 1.14. The molecule has 0 aromatic carbocycles. The minimum absolute atomic E-state index is 0.231. The predicted molar refractivity (Wildman–Crippen MR) is 46.7 cm³/mol. The van der Waals surface area contributed by atoms with Crippen molar-refractivity contribution in [1.29, 1.82) is 0 Å². The number of halogens is 1. The van der Waals surface area contributed by atoms with Crippen molar-refractivity contribution in [1.82, 2.24) is 0 Å². The van der Waals surface area contributed by atoms with E-state index in [0.717, 1.165) is 11.4 Å². The molecule has 0 amide bonds. The van der Waals surface area contributed by atoms with E-state index in [2.05, 4.69) is 0 Å². The first-order valence-electron chi connectivity index (χ1n) is 3.17. The Morgan fingerprint density at radius 1 is 1.80 bits per heavy atom. The van der Waals surface area contributed by atoms with Gasteiger partial charge in [0.2, 0.25) is 0 Å². The molecule has 0 radical (unpaired) electrons. The Morgan fingerprint density at radius 3 is 2.90 bits per heavy atom. The highest BCUT2D eigenvalue weighted by atomic mass is 35.5. The number of nitrogens with two attached hydrogens (primary N) is 1. The third kappa shape index (κ3) is 2.29. The molecule has 1 aromatic rings. The molecule has 0 fully saturated rings. The fraction of sp³-hybridized carbons (Fsp3) is 0.429. The highest BCUT2D eigenvalue weighted by Crippen LogP contribution is 2.19. The molecular weight excluding hydrogens is 166 g/mol. The summed E-state index contributed by atoms with van der Waals surface area (Å²) in [6.07, 6.45) is 0.928. The van der Waals surface area contributed by atoms with Gasteiger partial charge in [-0.25, -0.2) is 0 Å². The summed E-state index contributed by atoms with van der Waals surface area (Å²) < 4.78 is 0. The van der Waals surface area contributed by atoms with Gasteiger partial charge in [0, 0.05) is 16.3 Å². The van der Waals surface area contributed by atoms with Crippen molar-refractivity contribution in [3.05, 3.63) is 21.3 Å². The molecule has 1 heterocycles. The van der Waals surface area contributed by atoms with E-state index < -0.39 is 0 Å². The van der Waals surface area contributed by atoms with Gasteiger partial charge in [-0.1, -0.05) is 11.6 Å². The van der Waals surface area contributed by atoms with Gasteiger partial charge in [0.05, 0.1) is 5.02 Å². The largest absolute Gasteiger partial charge is 0.328 e. The van der Waals surface area contributed by atoms with Gasteiger partial charge in [-0.15, -0.1) is 11.3 Å². The van der Waals surface area contributed by atoms with Crippen molar-refractivity contribution >= 4 is 22.9 Å². The maximum atomic E-state index is 5.71. The summed E-state index contributed by atoms with van der Waals surface area (Å²) in [5.41, 5.74) is 5.60. The lowest BCUT2D eigenvalue weighted by Gasteiger charge is -1.99. The van der Waals surface area contributed by atoms with Gasteiger partial charge < -0.3 is 5.73 Å². The van der Waals surface area contributed by atoms with Gasteiger partial charge in [-0.05, 0) is 19.4 Å². The zero-order chi connectivity index (χ0) is 7.56. The molecule has 3 heteroatoms. The maximum absolute atomic E-state index is 5.71. The van der Waals surface area contributed by atoms with Crippen molar-refractivity contribution in [2.24, 2.45) is 5.73 Å². The van der Waals surface area contributed by atoms with Crippen LogP contribution in [0, 0.1) is 0 Å². The minimum atomic E-state index is 0.231. The fourth-order valence-corrected chi connectivity index (χ4v) is 1.99. The van der Waals surface area contributed by atoms with Crippen LogP contribution in [0.1, 0.15) is 11.8 Å². The lowest BCUT2D eigenvalue weighted by Crippen LogP contribution is -2.16. The Labute approximate surface area is 69.8 Å². The van der Waals surface area contributed by atoms with Crippen LogP contribution in [0.4, 0.5) is 0 Å². The van der Waals surface area contributed by atoms with Gasteiger partial charge in [0.15, 0.2) is 0 Å². The first kappa shape index (κ1) is 8.05. The Hall–Kier alpha value is -0.0500. The molecule has 0 aliphatic carbocycles. The molecule has 0 saturated heterocycles. The summed E-state index contributed by atoms with van der Waals surface area (Å²) in [6.45, 7) is 1.99. The van der Waals surface area contributed by atoms with E-state index in [0.29, 0.717) is 0 Å². The predicted octanol–water partition coefficient (Wildman–Crippen LogP) is 2.29. The zero-order valence-electron chi connectivity index (χ0n) is 5.80. The van der Waals surface area contributed by atoms with Crippen molar-refractivity contribution in [3.8, 4) is 0 Å². The van der Waals surface area contributed by atoms with Gasteiger partial charge in [0.25, 0.3) is 0 Å². The summed E-state index contributed by atoms with van der Waals surface area (Å²) >= 11 is 7.38. The molecule has 0 spiro atoms. The van der Waals surface area contributed by atoms with Crippen LogP contribution < -0.4 is 5.73 Å². The Balaban J connectivity index is 2.58. The molecule has 1 aromatic heterocycles. The fourth-order valence-electron chi connectivity index (χ4n) is 0.778. The molecule has 1 rings (SSSR count). The molecule has 1 nitrogen and oxygen atoms in total. The molecular formula is C7H10ClNS. The third-order valence-corrected chi connectivity index (χ3v) is 2.45. The molecule has 0 bridgehead atoms. The number of hydrogen-bond donors (Lipinski definition) is 1. The minimum Gasteiger partial charge on any atom is -0.328 e. The second kappa shape index (κ2) is 3.37. The molecule has 1 atom stereocenters. The Morgan fingerprint density at radius 2 is 2.50 bits per heavy atom. The molecule has 10 heavy (non-hydrogen) atoms. The normalized spacial score (nSPS) is 13.5. The van der Waals surface area contributed by atoms with Crippen molar-refractivity contribution in [2.75, 3.05) is 0 Å². The standard InChI is InChI=1S/C7H10ClNS/c1-5(9)2-7-3-6(8)4-10-7/h3-5H,2,9H2,1H3/t5-/m1/s1. The summed E-state index contributed by atoms with van der Waals surface area (Å²) in [6, 6.07) is 2.20. The van der Waals surface area contributed by atoms with Crippen molar-refractivity contribution < 1.29 is 0 Å². The number of thiophene rings is 1. The van der Waals surface area contributed by atoms with Crippen LogP contribution in [0.2, 0.25) is 5.02 Å². The number of hydrogen-bond acceptors (Lipinski definition) is 2. The number of rotatable bonds is 2. The maximum Gasteiger partial charge on any atom is 0.0515 e. The Kier molecular flexibility index (Phi) is 2.72. The van der Waals surface area contributed by atoms with E-state index in [1.165, 1.54) is 4.88 Å². The highest BCUT2D eigenvalue weighted by Gasteiger charge is 1.99. The summed E-state index contributed by atoms with van der Waals surface area (Å²) in [4.78, 5) is 1.26. The topological polar surface area (TPSA) is 26.0 Å². The first-order valence-corrected chi connectivity index (χ1v) is 4.42. The first-order chi connectivity index (χ1) is 4.68. The molecule has 0 aliphatic heterocycles. The van der Waals surface area contributed by atoms with Crippen LogP contribution in [0.5, 0.6) is 0 Å². The Bertz CT molecular complexity index is 207. The molecule has 56 valence electrons. The lowest BCUT2D eigenvalue weighted by molar-refractivity contribution is 0.746. The van der Waals surface area contributed by atoms with E-state index in [-0.39, 0.29) is 6.04 Å². The summed E-state index contributed by atoms with van der Waals surface area (Å²) in [7, 11) is 0. The molecule has 0 unspecified atom stereocenters. The van der Waals surface area contributed by atoms with E-state index in [4.69, 9.17) is 17.3 Å². The summed E-state index contributed by atoms with van der Waals surface area (Å²) in [5, 5.41) is 2.75. The van der Waals surface area contributed by atoms with Crippen LogP contribution in [0.25, 0.3) is 0 Å². The van der Waals surface area contributed by atoms with Gasteiger partial charge in [-0.3, -0.25) is 0 Å². The van der Waals surface area contributed by atoms with Crippen LogP contribution in [-0.2, 0) is 6.42 Å². The van der Waals surface area contributed by atoms with Crippen LogP contribution >= 0.6 is 22.9 Å². The molecule has 0 aliphatic rings. The SMILES string of the molecule is C[C@@H](N)Cc1cc(Cl)cs1. The molecule has 0 saturated carbocycles. The van der Waals surface area contributed by atoms with E-state index in [1.54, 1.807) is 11.3 Å². The average molecular weight is 176 g/mol. The van der Waals surface area contributed by atoms with Crippen LogP contribution in [-0.4, -0.2) is 6.04 Å². The van der Waals surface area contributed by atoms with Crippen molar-refractivity contribution in [2.45, 2.75) is 19.4 Å². The van der Waals surface area contributed by atoms with Gasteiger partial charge in [0.1, 0.15) is 0 Å². The van der Waals surface area contributed by atoms with Crippen LogP contribution in [0.15, 0.2) is 11.4 Å². The lowest BCUT2D eigenvalue weighted by atomic mass is 10.2. The van der Waals surface area contributed by atoms with Gasteiger partial charge in [-0.2, -0.15) is 0 Å². The highest BCUT2D eigenvalue weighted by molar-refractivity contribution is 7.10. The zero-order valence-corrected chi connectivity index (χ0v) is 7.38. The van der Waals surface area contributed by atoms with E-state index in [1.807, 2.05) is 18.4 Å². The van der Waals surface area contributed by atoms with E-state index in [9.17, 15) is 0 Å². The van der Waals surface area contributed by atoms with Gasteiger partial charge >= 0.3 is 0 Å². The van der Waals surface area contributed by atoms with Crippen molar-refractivity contribution in [3.63, 3.8) is 0 Å². The second-order valence-electron chi connectivity index (χ2n) is 2.41. The molecule has 2 N–H and O–H groups in total. The van der Waals surface area contributed by atoms with E-state index >= 15 is 0 Å². The average Bonchev–Trinajstić information content (AvgIpc) is 2.13. The monoisotopic (exact) mass is 175 g/mol. The second-order valence-corrected chi connectivity index (χ2v) is 3.84. The quantitative estimate of drug-likeness (QED) is 0.734. The smallest absolute Gasteiger partial charge is 0.0515 e. The van der Waals surface area contributed by atoms with Crippen LogP contribution in [0.3, 0.4) is 0 Å². The summed E-state index contributed by atoms with van der Waals surface area (Å²) in [5.74, 6) is 0.